The fourth-order valence-corrected chi connectivity index (χ4v) is 3.13. The topological polar surface area (TPSA) is 93.3 Å². The van der Waals surface area contributed by atoms with Gasteiger partial charge in [0, 0.05) is 19.0 Å². The highest BCUT2D eigenvalue weighted by Gasteiger charge is 2.22. The van der Waals surface area contributed by atoms with Gasteiger partial charge in [-0.3, -0.25) is 13.9 Å². The number of nitrogens with zero attached hydrogens (tertiary/aromatic N) is 2. The molecule has 0 bridgehead atoms. The molecule has 0 fully saturated rings. The van der Waals surface area contributed by atoms with Crippen LogP contribution in [0.5, 0.6) is 0 Å². The Kier molecular flexibility index (Phi) is 5.76. The number of nitrogens with one attached hydrogen (secondary N) is 1. The predicted molar refractivity (Wildman–Crippen MR) is 102 cm³/mol. The standard InChI is InChI=1S/C20H19F2N3O4/c1-24-15-4-2-3-5-16(15)25(20(24)29)11-17(26)23-14(19(27)28)10-12-6-8-13(9-7-12)18(21)22/h2-9,14,18H,10-11H2,1H3,(H,23,26)(H,27,28). The van der Waals surface area contributed by atoms with Gasteiger partial charge < -0.3 is 10.4 Å². The van der Waals surface area contributed by atoms with E-state index in [0.29, 0.717) is 16.6 Å². The number of alkyl halides is 2. The molecule has 29 heavy (non-hydrogen) atoms. The fraction of sp³-hybridized carbons (Fsp3) is 0.250. The molecule has 0 spiro atoms. The highest BCUT2D eigenvalue weighted by atomic mass is 19.3. The molecular formula is C20H19F2N3O4. The number of rotatable bonds is 7. The molecule has 1 unspecified atom stereocenters. The minimum absolute atomic E-state index is 0.0744. The Morgan fingerprint density at radius 3 is 2.28 bits per heavy atom. The quantitative estimate of drug-likeness (QED) is 0.632. The van der Waals surface area contributed by atoms with Crippen LogP contribution in [0.4, 0.5) is 8.78 Å². The fourth-order valence-electron chi connectivity index (χ4n) is 3.13. The van der Waals surface area contributed by atoms with Crippen molar-refractivity contribution in [3.63, 3.8) is 0 Å². The molecule has 3 aromatic rings. The van der Waals surface area contributed by atoms with E-state index in [-0.39, 0.29) is 18.5 Å². The van der Waals surface area contributed by atoms with Crippen LogP contribution in [0.15, 0.2) is 53.3 Å². The summed E-state index contributed by atoms with van der Waals surface area (Å²) in [6, 6.07) is 10.9. The molecule has 3 rings (SSSR count). The smallest absolute Gasteiger partial charge is 0.329 e. The average molecular weight is 403 g/mol. The number of carboxylic acids is 1. The van der Waals surface area contributed by atoms with Crippen LogP contribution in [0.2, 0.25) is 0 Å². The number of aromatic nitrogens is 2. The van der Waals surface area contributed by atoms with Gasteiger partial charge in [-0.25, -0.2) is 18.4 Å². The van der Waals surface area contributed by atoms with Gasteiger partial charge in [-0.2, -0.15) is 0 Å². The number of aliphatic carboxylic acids is 1. The monoisotopic (exact) mass is 403 g/mol. The van der Waals surface area contributed by atoms with Gasteiger partial charge in [-0.05, 0) is 17.7 Å². The van der Waals surface area contributed by atoms with E-state index < -0.39 is 30.0 Å². The summed E-state index contributed by atoms with van der Waals surface area (Å²) >= 11 is 0. The third-order valence-electron chi connectivity index (χ3n) is 4.66. The molecule has 0 radical (unpaired) electrons. The minimum atomic E-state index is -2.61. The number of halogens is 2. The average Bonchev–Trinajstić information content (AvgIpc) is 2.93. The van der Waals surface area contributed by atoms with Crippen LogP contribution in [-0.4, -0.2) is 32.2 Å². The van der Waals surface area contributed by atoms with Crippen molar-refractivity contribution in [1.82, 2.24) is 14.5 Å². The van der Waals surface area contributed by atoms with Crippen molar-refractivity contribution >= 4 is 22.9 Å². The van der Waals surface area contributed by atoms with Crippen LogP contribution < -0.4 is 11.0 Å². The summed E-state index contributed by atoms with van der Waals surface area (Å²) in [4.78, 5) is 36.4. The van der Waals surface area contributed by atoms with Gasteiger partial charge >= 0.3 is 11.7 Å². The van der Waals surface area contributed by atoms with Crippen LogP contribution in [0.25, 0.3) is 11.0 Å². The molecule has 0 aliphatic carbocycles. The van der Waals surface area contributed by atoms with Crippen molar-refractivity contribution in [2.24, 2.45) is 7.05 Å². The second-order valence-corrected chi connectivity index (χ2v) is 6.62. The molecule has 1 atom stereocenters. The summed E-state index contributed by atoms with van der Waals surface area (Å²) < 4.78 is 27.9. The number of hydrogen-bond donors (Lipinski definition) is 2. The van der Waals surface area contributed by atoms with E-state index in [0.717, 1.165) is 0 Å². The Balaban J connectivity index is 1.75. The number of fused-ring (bicyclic) bond motifs is 1. The molecule has 1 amide bonds. The zero-order chi connectivity index (χ0) is 21.1. The van der Waals surface area contributed by atoms with E-state index >= 15 is 0 Å². The lowest BCUT2D eigenvalue weighted by atomic mass is 10.0. The lowest BCUT2D eigenvalue weighted by molar-refractivity contribution is -0.141. The number of aryl methyl sites for hydroxylation is 1. The van der Waals surface area contributed by atoms with Gasteiger partial charge in [-0.1, -0.05) is 36.4 Å². The Bertz CT molecular complexity index is 1100. The van der Waals surface area contributed by atoms with E-state index in [1.807, 2.05) is 0 Å². The summed E-state index contributed by atoms with van der Waals surface area (Å²) in [6.07, 6.45) is -2.69. The third kappa shape index (κ3) is 4.34. The van der Waals surface area contributed by atoms with E-state index in [9.17, 15) is 28.3 Å². The lowest BCUT2D eigenvalue weighted by Crippen LogP contribution is -2.44. The number of para-hydroxylation sites is 2. The molecule has 1 aromatic heterocycles. The van der Waals surface area contributed by atoms with Crippen molar-refractivity contribution in [3.8, 4) is 0 Å². The summed E-state index contributed by atoms with van der Waals surface area (Å²) in [6.45, 7) is -0.339. The Labute approximate surface area is 164 Å². The van der Waals surface area contributed by atoms with Crippen molar-refractivity contribution in [1.29, 1.82) is 0 Å². The second kappa shape index (κ2) is 8.26. The number of carbonyl (C=O) groups is 2. The van der Waals surface area contributed by atoms with Gasteiger partial charge in [-0.15, -0.1) is 0 Å². The van der Waals surface area contributed by atoms with Gasteiger partial charge in [0.05, 0.1) is 11.0 Å². The predicted octanol–water partition coefficient (Wildman–Crippen LogP) is 2.09. The molecular weight excluding hydrogens is 384 g/mol. The SMILES string of the molecule is Cn1c(=O)n(CC(=O)NC(Cc2ccc(C(F)F)cc2)C(=O)O)c2ccccc21. The van der Waals surface area contributed by atoms with Crippen molar-refractivity contribution in [2.75, 3.05) is 0 Å². The summed E-state index contributed by atoms with van der Waals surface area (Å²) in [7, 11) is 1.59. The maximum Gasteiger partial charge on any atom is 0.329 e. The van der Waals surface area contributed by atoms with E-state index in [4.69, 9.17) is 0 Å². The molecule has 2 N–H and O–H groups in total. The van der Waals surface area contributed by atoms with E-state index in [2.05, 4.69) is 5.32 Å². The Morgan fingerprint density at radius 1 is 1.07 bits per heavy atom. The van der Waals surface area contributed by atoms with E-state index in [1.165, 1.54) is 33.4 Å². The van der Waals surface area contributed by atoms with Crippen LogP contribution in [0.3, 0.4) is 0 Å². The first-order valence-corrected chi connectivity index (χ1v) is 8.81. The molecule has 0 aliphatic rings. The molecule has 9 heteroatoms. The van der Waals surface area contributed by atoms with Crippen molar-refractivity contribution in [3.05, 3.63) is 70.1 Å². The number of carbonyl (C=O) groups excluding carboxylic acids is 1. The number of hydrogen-bond acceptors (Lipinski definition) is 3. The Morgan fingerprint density at radius 2 is 1.69 bits per heavy atom. The minimum Gasteiger partial charge on any atom is -0.480 e. The molecule has 7 nitrogen and oxygen atoms in total. The Hall–Kier alpha value is -3.49. The molecule has 152 valence electrons. The van der Waals surface area contributed by atoms with Crippen LogP contribution in [0, 0.1) is 0 Å². The third-order valence-corrected chi connectivity index (χ3v) is 4.66. The highest BCUT2D eigenvalue weighted by Crippen LogP contribution is 2.19. The number of carboxylic acid groups (broad SMARTS) is 1. The van der Waals surface area contributed by atoms with E-state index in [1.54, 1.807) is 31.3 Å². The molecule has 0 aliphatic heterocycles. The van der Waals surface area contributed by atoms with Crippen molar-refractivity contribution in [2.45, 2.75) is 25.4 Å². The highest BCUT2D eigenvalue weighted by molar-refractivity contribution is 5.85. The molecule has 2 aromatic carbocycles. The summed E-state index contributed by atoms with van der Waals surface area (Å²) in [5.41, 5.74) is 1.14. The van der Waals surface area contributed by atoms with Crippen LogP contribution in [-0.2, 0) is 29.6 Å². The molecule has 1 heterocycles. The van der Waals surface area contributed by atoms with Gasteiger partial charge in [0.2, 0.25) is 5.91 Å². The lowest BCUT2D eigenvalue weighted by Gasteiger charge is -2.15. The largest absolute Gasteiger partial charge is 0.480 e. The summed E-state index contributed by atoms with van der Waals surface area (Å²) in [5, 5.41) is 11.8. The zero-order valence-electron chi connectivity index (χ0n) is 15.5. The second-order valence-electron chi connectivity index (χ2n) is 6.62. The van der Waals surface area contributed by atoms with Gasteiger partial charge in [0.15, 0.2) is 0 Å². The normalized spacial score (nSPS) is 12.3. The number of amides is 1. The van der Waals surface area contributed by atoms with Gasteiger partial charge in [0.1, 0.15) is 12.6 Å². The summed E-state index contributed by atoms with van der Waals surface area (Å²) in [5.74, 6) is -1.90. The van der Waals surface area contributed by atoms with Gasteiger partial charge in [0.25, 0.3) is 6.43 Å². The van der Waals surface area contributed by atoms with Crippen LogP contribution in [0.1, 0.15) is 17.6 Å². The molecule has 0 saturated heterocycles. The number of benzene rings is 2. The first-order chi connectivity index (χ1) is 13.8. The zero-order valence-corrected chi connectivity index (χ0v) is 15.5. The maximum absolute atomic E-state index is 12.6. The molecule has 0 saturated carbocycles. The van der Waals surface area contributed by atoms with Crippen molar-refractivity contribution < 1.29 is 23.5 Å². The maximum atomic E-state index is 12.6. The first kappa shape index (κ1) is 20.2. The van der Waals surface area contributed by atoms with Crippen LogP contribution >= 0.6 is 0 Å². The number of imidazole rings is 1. The first-order valence-electron chi connectivity index (χ1n) is 8.81.